The van der Waals surface area contributed by atoms with Crippen LogP contribution in [0.1, 0.15) is 63.9 Å². The summed E-state index contributed by atoms with van der Waals surface area (Å²) in [6.45, 7) is 2.38. The first-order chi connectivity index (χ1) is 16.5. The van der Waals surface area contributed by atoms with Crippen LogP contribution in [0.2, 0.25) is 10.0 Å². The molecule has 0 spiro atoms. The van der Waals surface area contributed by atoms with Crippen molar-refractivity contribution in [3.63, 3.8) is 0 Å². The lowest BCUT2D eigenvalue weighted by Crippen LogP contribution is -2.51. The number of hydrogen-bond donors (Lipinski definition) is 1. The third kappa shape index (κ3) is 8.51. The summed E-state index contributed by atoms with van der Waals surface area (Å²) < 4.78 is 0. The van der Waals surface area contributed by atoms with E-state index in [9.17, 15) is 9.59 Å². The molecule has 0 bridgehead atoms. The van der Waals surface area contributed by atoms with Gasteiger partial charge in [0, 0.05) is 33.9 Å². The van der Waals surface area contributed by atoms with Crippen LogP contribution in [0.3, 0.4) is 0 Å². The number of thioether (sulfide) groups is 1. The fourth-order valence-corrected chi connectivity index (χ4v) is 5.44. The first kappa shape index (κ1) is 26.9. The Balaban J connectivity index is 1.63. The molecular formula is C27H34Cl2N2O2S. The molecule has 4 nitrogen and oxygen atoms in total. The third-order valence-electron chi connectivity index (χ3n) is 6.22. The average molecular weight is 522 g/mol. The summed E-state index contributed by atoms with van der Waals surface area (Å²) >= 11 is 13.7. The van der Waals surface area contributed by atoms with Gasteiger partial charge in [-0.05, 0) is 73.4 Å². The smallest absolute Gasteiger partial charge is 0.243 e. The summed E-state index contributed by atoms with van der Waals surface area (Å²) in [6, 6.07) is 15.0. The number of carbonyl (C=O) groups excluding carboxylic acids is 2. The average Bonchev–Trinajstić information content (AvgIpc) is 2.84. The zero-order chi connectivity index (χ0) is 24.3. The van der Waals surface area contributed by atoms with Crippen molar-refractivity contribution in [1.29, 1.82) is 0 Å². The normalized spacial score (nSPS) is 15.0. The van der Waals surface area contributed by atoms with Gasteiger partial charge in [0.1, 0.15) is 6.04 Å². The highest BCUT2D eigenvalue weighted by Gasteiger charge is 2.30. The fraction of sp³-hybridized carbons (Fsp3) is 0.481. The molecule has 0 aliphatic heterocycles. The van der Waals surface area contributed by atoms with Crippen LogP contribution >= 0.6 is 35.0 Å². The van der Waals surface area contributed by atoms with Gasteiger partial charge >= 0.3 is 0 Å². The summed E-state index contributed by atoms with van der Waals surface area (Å²) in [7, 11) is 0. The molecule has 2 aromatic rings. The Labute approximate surface area is 217 Å². The molecule has 2 amide bonds. The number of rotatable bonds is 11. The molecule has 0 saturated heterocycles. The van der Waals surface area contributed by atoms with Gasteiger partial charge in [0.05, 0.1) is 0 Å². The molecule has 1 atom stereocenters. The number of nitrogens with one attached hydrogen (secondary N) is 1. The van der Waals surface area contributed by atoms with Gasteiger partial charge in [-0.2, -0.15) is 0 Å². The maximum absolute atomic E-state index is 13.4. The minimum atomic E-state index is -0.478. The number of carbonyl (C=O) groups is 2. The van der Waals surface area contributed by atoms with Gasteiger partial charge in [-0.15, -0.1) is 11.8 Å². The maximum atomic E-state index is 13.4. The minimum Gasteiger partial charge on any atom is -0.352 e. The molecule has 7 heteroatoms. The SMILES string of the molecule is CCC(C(=O)NC1CCCCC1)N(Cc1ccc(Cl)cc1)C(=O)CCCSc1ccc(Cl)cc1. The third-order valence-corrected chi connectivity index (χ3v) is 7.82. The molecule has 1 aliphatic rings. The van der Waals surface area contributed by atoms with Gasteiger partial charge in [0.2, 0.25) is 11.8 Å². The lowest BCUT2D eigenvalue weighted by molar-refractivity contribution is -0.141. The fourth-order valence-electron chi connectivity index (χ4n) is 4.34. The summed E-state index contributed by atoms with van der Waals surface area (Å²) in [6.07, 6.45) is 7.31. The van der Waals surface area contributed by atoms with E-state index in [0.29, 0.717) is 24.4 Å². The Morgan fingerprint density at radius 1 is 1.00 bits per heavy atom. The highest BCUT2D eigenvalue weighted by atomic mass is 35.5. The second-order valence-corrected chi connectivity index (χ2v) is 10.9. The zero-order valence-corrected chi connectivity index (χ0v) is 22.1. The van der Waals surface area contributed by atoms with Gasteiger partial charge in [-0.1, -0.05) is 61.5 Å². The highest BCUT2D eigenvalue weighted by Crippen LogP contribution is 2.23. The van der Waals surface area contributed by atoms with Crippen molar-refractivity contribution in [1.82, 2.24) is 10.2 Å². The molecule has 1 N–H and O–H groups in total. The molecule has 2 aromatic carbocycles. The Hall–Kier alpha value is -1.69. The summed E-state index contributed by atoms with van der Waals surface area (Å²) in [4.78, 5) is 29.5. The van der Waals surface area contributed by atoms with E-state index in [1.54, 1.807) is 16.7 Å². The predicted octanol–water partition coefficient (Wildman–Crippen LogP) is 7.12. The van der Waals surface area contributed by atoms with Crippen molar-refractivity contribution in [2.24, 2.45) is 0 Å². The summed E-state index contributed by atoms with van der Waals surface area (Å²) in [5, 5.41) is 4.60. The molecule has 3 rings (SSSR count). The van der Waals surface area contributed by atoms with Gasteiger partial charge in [-0.3, -0.25) is 9.59 Å². The van der Waals surface area contributed by atoms with E-state index >= 15 is 0 Å². The standard InChI is InChI=1S/C27H34Cl2N2O2S/c1-2-25(27(33)30-23-7-4-3-5-8-23)31(19-20-10-12-21(28)13-11-20)26(32)9-6-18-34-24-16-14-22(29)15-17-24/h10-17,23,25H,2-9,18-19H2,1H3,(H,30,33). The second-order valence-electron chi connectivity index (χ2n) is 8.82. The molecule has 1 fully saturated rings. The summed E-state index contributed by atoms with van der Waals surface area (Å²) in [5.74, 6) is 0.803. The Morgan fingerprint density at radius 2 is 1.62 bits per heavy atom. The van der Waals surface area contributed by atoms with Crippen molar-refractivity contribution in [2.45, 2.75) is 81.8 Å². The first-order valence-corrected chi connectivity index (χ1v) is 13.9. The van der Waals surface area contributed by atoms with Gasteiger partial charge in [0.25, 0.3) is 0 Å². The van der Waals surface area contributed by atoms with E-state index in [1.165, 1.54) is 6.42 Å². The molecule has 0 heterocycles. The number of nitrogens with zero attached hydrogens (tertiary/aromatic N) is 1. The van der Waals surface area contributed by atoms with Crippen LogP contribution in [0.5, 0.6) is 0 Å². The van der Waals surface area contributed by atoms with Crippen LogP contribution in [-0.2, 0) is 16.1 Å². The zero-order valence-electron chi connectivity index (χ0n) is 19.8. The molecule has 34 heavy (non-hydrogen) atoms. The van der Waals surface area contributed by atoms with Crippen LogP contribution in [0.15, 0.2) is 53.4 Å². The van der Waals surface area contributed by atoms with E-state index in [0.717, 1.165) is 53.3 Å². The molecule has 0 radical (unpaired) electrons. The molecule has 1 unspecified atom stereocenters. The number of halogens is 2. The van der Waals surface area contributed by atoms with Crippen molar-refractivity contribution >= 4 is 46.8 Å². The largest absolute Gasteiger partial charge is 0.352 e. The molecule has 1 aliphatic carbocycles. The maximum Gasteiger partial charge on any atom is 0.243 e. The molecule has 0 aromatic heterocycles. The van der Waals surface area contributed by atoms with Crippen molar-refractivity contribution in [3.05, 3.63) is 64.1 Å². The monoisotopic (exact) mass is 520 g/mol. The van der Waals surface area contributed by atoms with Crippen molar-refractivity contribution < 1.29 is 9.59 Å². The van der Waals surface area contributed by atoms with Crippen molar-refractivity contribution in [2.75, 3.05) is 5.75 Å². The predicted molar refractivity (Wildman–Crippen MR) is 143 cm³/mol. The molecular weight excluding hydrogens is 487 g/mol. The van der Waals surface area contributed by atoms with E-state index < -0.39 is 6.04 Å². The van der Waals surface area contributed by atoms with Crippen LogP contribution in [-0.4, -0.2) is 34.6 Å². The van der Waals surface area contributed by atoms with E-state index in [2.05, 4.69) is 5.32 Å². The second kappa shape index (κ2) is 14.0. The van der Waals surface area contributed by atoms with Crippen LogP contribution in [0.25, 0.3) is 0 Å². The van der Waals surface area contributed by atoms with Crippen LogP contribution in [0, 0.1) is 0 Å². The Morgan fingerprint density at radius 3 is 2.24 bits per heavy atom. The van der Waals surface area contributed by atoms with Crippen LogP contribution < -0.4 is 5.32 Å². The summed E-state index contributed by atoms with van der Waals surface area (Å²) in [5.41, 5.74) is 0.970. The lowest BCUT2D eigenvalue weighted by atomic mass is 9.95. The van der Waals surface area contributed by atoms with E-state index in [1.807, 2.05) is 55.5 Å². The minimum absolute atomic E-state index is 0.0114. The molecule has 1 saturated carbocycles. The number of benzene rings is 2. The van der Waals surface area contributed by atoms with E-state index in [4.69, 9.17) is 23.2 Å². The quantitative estimate of drug-likeness (QED) is 0.253. The topological polar surface area (TPSA) is 49.4 Å². The Bertz CT molecular complexity index is 915. The van der Waals surface area contributed by atoms with E-state index in [-0.39, 0.29) is 17.9 Å². The first-order valence-electron chi connectivity index (χ1n) is 12.2. The molecule has 184 valence electrons. The highest BCUT2D eigenvalue weighted by molar-refractivity contribution is 7.99. The number of amides is 2. The van der Waals surface area contributed by atoms with Gasteiger partial charge in [0.15, 0.2) is 0 Å². The number of hydrogen-bond acceptors (Lipinski definition) is 3. The van der Waals surface area contributed by atoms with Crippen LogP contribution in [0.4, 0.5) is 0 Å². The van der Waals surface area contributed by atoms with Gasteiger partial charge in [-0.25, -0.2) is 0 Å². The van der Waals surface area contributed by atoms with Gasteiger partial charge < -0.3 is 10.2 Å². The Kier molecular flexibility index (Phi) is 11.1. The van der Waals surface area contributed by atoms with Crippen molar-refractivity contribution in [3.8, 4) is 0 Å². The lowest BCUT2D eigenvalue weighted by Gasteiger charge is -2.33.